The number of aromatic nitrogens is 2. The van der Waals surface area contributed by atoms with E-state index in [4.69, 9.17) is 9.97 Å². The maximum absolute atomic E-state index is 9.30. The van der Waals surface area contributed by atoms with Crippen LogP contribution in [-0.4, -0.2) is 9.97 Å². The minimum atomic E-state index is 0.648. The number of hydrogen-bond acceptors (Lipinski definition) is 3. The summed E-state index contributed by atoms with van der Waals surface area (Å²) >= 11 is 0. The molecule has 1 heterocycles. The van der Waals surface area contributed by atoms with E-state index in [9.17, 15) is 5.26 Å². The maximum atomic E-state index is 9.30. The van der Waals surface area contributed by atoms with Crippen LogP contribution in [-0.2, 0) is 0 Å². The van der Waals surface area contributed by atoms with Gasteiger partial charge in [-0.3, -0.25) is 0 Å². The smallest absolute Gasteiger partial charge is 0.160 e. The van der Waals surface area contributed by atoms with Crippen LogP contribution < -0.4 is 0 Å². The molecule has 12 rings (SSSR count). The van der Waals surface area contributed by atoms with E-state index < -0.39 is 0 Å². The predicted octanol–water partition coefficient (Wildman–Crippen LogP) is 15.0. The summed E-state index contributed by atoms with van der Waals surface area (Å²) in [5.41, 5.74) is 9.73. The second kappa shape index (κ2) is 13.5. The second-order valence-electron chi connectivity index (χ2n) is 15.6. The molecule has 0 saturated heterocycles. The fourth-order valence-electron chi connectivity index (χ4n) is 9.42. The first kappa shape index (κ1) is 33.9. The summed E-state index contributed by atoms with van der Waals surface area (Å²) in [6.45, 7) is 0. The number of rotatable bonds is 5. The van der Waals surface area contributed by atoms with Crippen LogP contribution in [0, 0.1) is 11.3 Å². The lowest BCUT2D eigenvalue weighted by atomic mass is 9.86. The lowest BCUT2D eigenvalue weighted by molar-refractivity contribution is 1.18. The van der Waals surface area contributed by atoms with Gasteiger partial charge in [-0.2, -0.15) is 5.26 Å². The van der Waals surface area contributed by atoms with Gasteiger partial charge in [0, 0.05) is 16.7 Å². The molecular formula is C57H33N3. The van der Waals surface area contributed by atoms with Gasteiger partial charge in [0.2, 0.25) is 0 Å². The van der Waals surface area contributed by atoms with Crippen LogP contribution >= 0.6 is 0 Å². The van der Waals surface area contributed by atoms with Crippen molar-refractivity contribution in [3.63, 3.8) is 0 Å². The van der Waals surface area contributed by atoms with Gasteiger partial charge in [0.1, 0.15) is 0 Å². The third-order valence-corrected chi connectivity index (χ3v) is 12.2. The van der Waals surface area contributed by atoms with E-state index >= 15 is 0 Å². The van der Waals surface area contributed by atoms with Crippen molar-refractivity contribution < 1.29 is 0 Å². The molecule has 0 radical (unpaired) electrons. The Labute approximate surface area is 346 Å². The molecule has 12 aromatic rings. The Hall–Kier alpha value is -8.19. The van der Waals surface area contributed by atoms with Gasteiger partial charge in [-0.1, -0.05) is 170 Å². The summed E-state index contributed by atoms with van der Waals surface area (Å²) in [5.74, 6) is 0.674. The Bertz CT molecular complexity index is 3690. The highest BCUT2D eigenvalue weighted by Crippen LogP contribution is 2.45. The SMILES string of the molecule is N#Cc1ccc(-c2ccc(-c3cc(-c4ccccc4-c4cc5ccc6cccc7c8cccc9ccc%10cccc(c(c4)c5c67)c%10c98)nc(-c4ccccc4)n3)cc2)cc1. The number of fused-ring (bicyclic) bond motifs is 2. The van der Waals surface area contributed by atoms with E-state index in [1.807, 2.05) is 42.5 Å². The molecule has 0 saturated carbocycles. The highest BCUT2D eigenvalue weighted by molar-refractivity contribution is 6.37. The molecule has 0 unspecified atom stereocenters. The molecule has 0 amide bonds. The third-order valence-electron chi connectivity index (χ3n) is 12.2. The van der Waals surface area contributed by atoms with Crippen LogP contribution in [0.2, 0.25) is 0 Å². The van der Waals surface area contributed by atoms with Crippen LogP contribution in [0.3, 0.4) is 0 Å². The lowest BCUT2D eigenvalue weighted by Crippen LogP contribution is -1.97. The van der Waals surface area contributed by atoms with Gasteiger partial charge in [-0.05, 0) is 117 Å². The number of benzene rings is 10. The second-order valence-corrected chi connectivity index (χ2v) is 15.6. The van der Waals surface area contributed by atoms with Crippen molar-refractivity contribution in [3.8, 4) is 62.2 Å². The first-order valence-electron chi connectivity index (χ1n) is 20.3. The molecular weight excluding hydrogens is 727 g/mol. The minimum Gasteiger partial charge on any atom is -0.228 e. The molecule has 0 aliphatic carbocycles. The quantitative estimate of drug-likeness (QED) is 0.164. The molecule has 0 atom stereocenters. The predicted molar refractivity (Wildman–Crippen MR) is 250 cm³/mol. The topological polar surface area (TPSA) is 49.6 Å². The van der Waals surface area contributed by atoms with Crippen molar-refractivity contribution in [2.24, 2.45) is 0 Å². The van der Waals surface area contributed by atoms with Crippen LogP contribution in [0.5, 0.6) is 0 Å². The standard InChI is InChI=1S/C57H33N3/c58-34-35-19-21-36(22-20-35)37-23-25-38(26-24-37)51-33-52(60-57(59-51)42-9-2-1-3-10-42)46-15-5-4-14-45(46)44-31-43-30-29-41-12-7-17-48-47-16-6-11-39-27-28-40-13-8-18-49(55(40)53(39)47)50(32-44)56(43)54(41)48/h1-33H. The van der Waals surface area contributed by atoms with Crippen molar-refractivity contribution in [1.82, 2.24) is 9.97 Å². The number of hydrogen-bond donors (Lipinski definition) is 0. The Morgan fingerprint density at radius 3 is 1.43 bits per heavy atom. The van der Waals surface area contributed by atoms with Crippen LogP contribution in [0.1, 0.15) is 5.56 Å². The van der Waals surface area contributed by atoms with E-state index in [1.54, 1.807) is 0 Å². The largest absolute Gasteiger partial charge is 0.228 e. The summed E-state index contributed by atoms with van der Waals surface area (Å²) in [6, 6.07) is 73.5. The molecule has 3 nitrogen and oxygen atoms in total. The highest BCUT2D eigenvalue weighted by Gasteiger charge is 2.19. The zero-order valence-electron chi connectivity index (χ0n) is 32.4. The maximum Gasteiger partial charge on any atom is 0.160 e. The molecule has 0 N–H and O–H groups in total. The van der Waals surface area contributed by atoms with Gasteiger partial charge in [0.15, 0.2) is 5.82 Å². The van der Waals surface area contributed by atoms with Crippen molar-refractivity contribution >= 4 is 64.6 Å². The fraction of sp³-hybridized carbons (Fsp3) is 0. The van der Waals surface area contributed by atoms with Crippen molar-refractivity contribution in [2.45, 2.75) is 0 Å². The minimum absolute atomic E-state index is 0.648. The Balaban J connectivity index is 1.10. The molecule has 1 aromatic heterocycles. The van der Waals surface area contributed by atoms with E-state index in [2.05, 4.69) is 164 Å². The number of nitriles is 1. The van der Waals surface area contributed by atoms with Crippen LogP contribution in [0.15, 0.2) is 200 Å². The highest BCUT2D eigenvalue weighted by atomic mass is 14.9. The van der Waals surface area contributed by atoms with Gasteiger partial charge in [0.25, 0.3) is 0 Å². The normalized spacial score (nSPS) is 11.7. The first-order valence-corrected chi connectivity index (χ1v) is 20.3. The zero-order valence-corrected chi connectivity index (χ0v) is 32.4. The molecule has 0 fully saturated rings. The average Bonchev–Trinajstić information content (AvgIpc) is 3.32. The Morgan fingerprint density at radius 2 is 0.817 bits per heavy atom. The van der Waals surface area contributed by atoms with E-state index in [0.29, 0.717) is 11.4 Å². The van der Waals surface area contributed by atoms with Gasteiger partial charge < -0.3 is 0 Å². The molecule has 11 aromatic carbocycles. The summed E-state index contributed by atoms with van der Waals surface area (Å²) in [7, 11) is 0. The average molecular weight is 760 g/mol. The third kappa shape index (κ3) is 5.36. The van der Waals surface area contributed by atoms with Crippen LogP contribution in [0.25, 0.3) is 121 Å². The van der Waals surface area contributed by atoms with Crippen LogP contribution in [0.4, 0.5) is 0 Å². The van der Waals surface area contributed by atoms with Crippen molar-refractivity contribution in [3.05, 3.63) is 206 Å². The van der Waals surface area contributed by atoms with Gasteiger partial charge in [-0.25, -0.2) is 9.97 Å². The summed E-state index contributed by atoms with van der Waals surface area (Å²) in [6.07, 6.45) is 0. The molecule has 0 spiro atoms. The van der Waals surface area contributed by atoms with E-state index in [0.717, 1.165) is 50.3 Å². The molecule has 276 valence electrons. The van der Waals surface area contributed by atoms with Gasteiger partial charge in [-0.15, -0.1) is 0 Å². The number of nitrogens with zero attached hydrogens (tertiary/aromatic N) is 3. The summed E-state index contributed by atoms with van der Waals surface area (Å²) in [5, 5.41) is 24.4. The van der Waals surface area contributed by atoms with E-state index in [1.165, 1.54) is 64.6 Å². The van der Waals surface area contributed by atoms with Crippen molar-refractivity contribution in [2.75, 3.05) is 0 Å². The monoisotopic (exact) mass is 759 g/mol. The summed E-state index contributed by atoms with van der Waals surface area (Å²) < 4.78 is 0. The Kier molecular flexibility index (Phi) is 7.60. The first-order chi connectivity index (χ1) is 29.7. The molecule has 3 heteroatoms. The summed E-state index contributed by atoms with van der Waals surface area (Å²) in [4.78, 5) is 10.5. The lowest BCUT2D eigenvalue weighted by Gasteiger charge is -2.18. The molecule has 60 heavy (non-hydrogen) atoms. The Morgan fingerprint density at radius 1 is 0.317 bits per heavy atom. The fourth-order valence-corrected chi connectivity index (χ4v) is 9.42. The molecule has 0 bridgehead atoms. The van der Waals surface area contributed by atoms with Crippen molar-refractivity contribution in [1.29, 1.82) is 5.26 Å². The molecule has 0 aliphatic rings. The van der Waals surface area contributed by atoms with E-state index in [-0.39, 0.29) is 0 Å². The van der Waals surface area contributed by atoms with Gasteiger partial charge in [0.05, 0.1) is 23.0 Å². The van der Waals surface area contributed by atoms with Gasteiger partial charge >= 0.3 is 0 Å². The zero-order chi connectivity index (χ0) is 39.7. The molecule has 0 aliphatic heterocycles.